The molecule has 4 heteroatoms. The summed E-state index contributed by atoms with van der Waals surface area (Å²) in [7, 11) is -4.26. The molecule has 126 valence electrons. The molecular formula is C19H26O3S. The summed E-state index contributed by atoms with van der Waals surface area (Å²) in [6.45, 7) is 10.4. The zero-order chi connectivity index (χ0) is 17.4. The van der Waals surface area contributed by atoms with Gasteiger partial charge in [0.05, 0.1) is 0 Å². The molecule has 2 aromatic carbocycles. The fraction of sp³-hybridized carbons (Fsp3) is 0.474. The summed E-state index contributed by atoms with van der Waals surface area (Å²) < 4.78 is 33.8. The van der Waals surface area contributed by atoms with Crippen LogP contribution in [0.2, 0.25) is 0 Å². The van der Waals surface area contributed by atoms with E-state index in [2.05, 4.69) is 27.7 Å². The molecule has 0 aromatic heterocycles. The van der Waals surface area contributed by atoms with Crippen LogP contribution in [0.15, 0.2) is 29.2 Å². The van der Waals surface area contributed by atoms with Crippen molar-refractivity contribution in [2.45, 2.75) is 52.4 Å². The molecule has 0 aliphatic carbocycles. The zero-order valence-corrected chi connectivity index (χ0v) is 15.4. The molecule has 0 saturated carbocycles. The van der Waals surface area contributed by atoms with Crippen molar-refractivity contribution in [1.29, 1.82) is 0 Å². The van der Waals surface area contributed by atoms with Crippen LogP contribution in [0, 0.1) is 18.8 Å². The predicted molar refractivity (Wildman–Crippen MR) is 95.6 cm³/mol. The molecule has 0 atom stereocenters. The van der Waals surface area contributed by atoms with Gasteiger partial charge in [-0.2, -0.15) is 8.42 Å². The van der Waals surface area contributed by atoms with E-state index in [1.807, 2.05) is 25.1 Å². The smallest absolute Gasteiger partial charge is 0.282 e. The van der Waals surface area contributed by atoms with Crippen LogP contribution in [0.5, 0.6) is 0 Å². The summed E-state index contributed by atoms with van der Waals surface area (Å²) in [5.74, 6) is 0.885. The number of rotatable bonds is 5. The molecule has 3 nitrogen and oxygen atoms in total. The van der Waals surface area contributed by atoms with Gasteiger partial charge < -0.3 is 0 Å². The highest BCUT2D eigenvalue weighted by Crippen LogP contribution is 2.35. The van der Waals surface area contributed by atoms with E-state index in [-0.39, 0.29) is 4.90 Å². The van der Waals surface area contributed by atoms with Gasteiger partial charge in [0.2, 0.25) is 0 Å². The van der Waals surface area contributed by atoms with Gasteiger partial charge in [-0.15, -0.1) is 0 Å². The van der Waals surface area contributed by atoms with E-state index in [4.69, 9.17) is 0 Å². The van der Waals surface area contributed by atoms with Crippen LogP contribution in [0.1, 0.15) is 44.4 Å². The van der Waals surface area contributed by atoms with Crippen molar-refractivity contribution >= 4 is 20.9 Å². The van der Waals surface area contributed by atoms with Gasteiger partial charge >= 0.3 is 0 Å². The topological polar surface area (TPSA) is 54.4 Å². The van der Waals surface area contributed by atoms with Gasteiger partial charge in [-0.25, -0.2) is 0 Å². The number of benzene rings is 2. The zero-order valence-electron chi connectivity index (χ0n) is 14.6. The fourth-order valence-corrected chi connectivity index (χ4v) is 4.30. The molecule has 0 bridgehead atoms. The third-order valence-corrected chi connectivity index (χ3v) is 5.18. The summed E-state index contributed by atoms with van der Waals surface area (Å²) in [4.78, 5) is 0.0660. The third-order valence-electron chi connectivity index (χ3n) is 4.14. The molecule has 0 fully saturated rings. The molecule has 0 aliphatic rings. The van der Waals surface area contributed by atoms with Crippen molar-refractivity contribution in [3.05, 3.63) is 41.0 Å². The fourth-order valence-electron chi connectivity index (χ4n) is 3.33. The Bertz CT molecular complexity index is 818. The molecule has 2 aromatic rings. The highest BCUT2D eigenvalue weighted by atomic mass is 32.2. The maximum Gasteiger partial charge on any atom is 0.295 e. The first-order valence-corrected chi connectivity index (χ1v) is 9.57. The first kappa shape index (κ1) is 18.0. The van der Waals surface area contributed by atoms with Gasteiger partial charge in [-0.1, -0.05) is 52.0 Å². The summed E-state index contributed by atoms with van der Waals surface area (Å²) in [6, 6.07) is 7.49. The van der Waals surface area contributed by atoms with E-state index in [1.165, 1.54) is 5.56 Å². The predicted octanol–water partition coefficient (Wildman–Crippen LogP) is 4.79. The minimum Gasteiger partial charge on any atom is -0.282 e. The lowest BCUT2D eigenvalue weighted by molar-refractivity contribution is 0.483. The van der Waals surface area contributed by atoms with E-state index in [0.717, 1.165) is 23.8 Å². The van der Waals surface area contributed by atoms with E-state index in [1.54, 1.807) is 6.07 Å². The second kappa shape index (κ2) is 6.62. The van der Waals surface area contributed by atoms with Gasteiger partial charge in [-0.3, -0.25) is 4.55 Å². The summed E-state index contributed by atoms with van der Waals surface area (Å²) >= 11 is 0. The van der Waals surface area contributed by atoms with Crippen molar-refractivity contribution in [2.24, 2.45) is 11.8 Å². The summed E-state index contributed by atoms with van der Waals surface area (Å²) in [6.07, 6.45) is 1.70. The van der Waals surface area contributed by atoms with Gasteiger partial charge in [-0.05, 0) is 53.7 Å². The average Bonchev–Trinajstić information content (AvgIpc) is 2.40. The van der Waals surface area contributed by atoms with Crippen LogP contribution in [0.25, 0.3) is 10.8 Å². The molecule has 0 unspecified atom stereocenters. The second-order valence-electron chi connectivity index (χ2n) is 7.13. The molecule has 23 heavy (non-hydrogen) atoms. The Kier molecular flexibility index (Phi) is 5.17. The molecule has 0 aliphatic heterocycles. The Morgan fingerprint density at radius 1 is 0.913 bits per heavy atom. The highest BCUT2D eigenvalue weighted by molar-refractivity contribution is 7.86. The highest BCUT2D eigenvalue weighted by Gasteiger charge is 2.24. The molecule has 0 amide bonds. The molecule has 0 heterocycles. The lowest BCUT2D eigenvalue weighted by Crippen LogP contribution is -2.11. The first-order chi connectivity index (χ1) is 10.6. The molecule has 0 radical (unpaired) electrons. The van der Waals surface area contributed by atoms with E-state index < -0.39 is 10.1 Å². The van der Waals surface area contributed by atoms with E-state index in [0.29, 0.717) is 22.8 Å². The van der Waals surface area contributed by atoms with Crippen LogP contribution in [-0.2, 0) is 23.0 Å². The normalized spacial score (nSPS) is 12.5. The van der Waals surface area contributed by atoms with Crippen LogP contribution >= 0.6 is 0 Å². The lowest BCUT2D eigenvalue weighted by atomic mass is 9.86. The Balaban J connectivity index is 2.96. The summed E-state index contributed by atoms with van der Waals surface area (Å²) in [5, 5.41) is 1.56. The first-order valence-electron chi connectivity index (χ1n) is 8.13. The minimum atomic E-state index is -4.26. The summed E-state index contributed by atoms with van der Waals surface area (Å²) in [5.41, 5.74) is 2.98. The SMILES string of the molecule is Cc1c(CC(C)C)c(CC(C)C)c2ccccc2c1S(=O)(=O)O. The molecule has 1 N–H and O–H groups in total. The van der Waals surface area contributed by atoms with Gasteiger partial charge in [0.1, 0.15) is 4.90 Å². The maximum atomic E-state index is 12.0. The Hall–Kier alpha value is -1.39. The number of hydrogen-bond donors (Lipinski definition) is 1. The molecule has 0 spiro atoms. The van der Waals surface area contributed by atoms with E-state index >= 15 is 0 Å². The van der Waals surface area contributed by atoms with Crippen LogP contribution in [0.4, 0.5) is 0 Å². The Morgan fingerprint density at radius 2 is 1.39 bits per heavy atom. The Labute approximate surface area is 139 Å². The number of hydrogen-bond acceptors (Lipinski definition) is 2. The van der Waals surface area contributed by atoms with Crippen molar-refractivity contribution in [2.75, 3.05) is 0 Å². The van der Waals surface area contributed by atoms with Crippen molar-refractivity contribution in [3.63, 3.8) is 0 Å². The quantitative estimate of drug-likeness (QED) is 0.800. The van der Waals surface area contributed by atoms with E-state index in [9.17, 15) is 13.0 Å². The van der Waals surface area contributed by atoms with Crippen LogP contribution in [0.3, 0.4) is 0 Å². The van der Waals surface area contributed by atoms with Crippen LogP contribution in [-0.4, -0.2) is 13.0 Å². The second-order valence-corrected chi connectivity index (χ2v) is 8.49. The van der Waals surface area contributed by atoms with Crippen molar-refractivity contribution in [3.8, 4) is 0 Å². The molecule has 0 saturated heterocycles. The maximum absolute atomic E-state index is 12.0. The van der Waals surface area contributed by atoms with Gasteiger partial charge in [0, 0.05) is 5.39 Å². The van der Waals surface area contributed by atoms with Crippen molar-refractivity contribution < 1.29 is 13.0 Å². The molecular weight excluding hydrogens is 308 g/mol. The van der Waals surface area contributed by atoms with Gasteiger partial charge in [0.25, 0.3) is 10.1 Å². The lowest BCUT2D eigenvalue weighted by Gasteiger charge is -2.22. The van der Waals surface area contributed by atoms with Crippen molar-refractivity contribution in [1.82, 2.24) is 0 Å². The minimum absolute atomic E-state index is 0.0660. The van der Waals surface area contributed by atoms with Gasteiger partial charge in [0.15, 0.2) is 0 Å². The number of fused-ring (bicyclic) bond motifs is 1. The average molecular weight is 334 g/mol. The standard InChI is InChI=1S/C19H26O3S/c1-12(2)10-17-14(5)19(23(20,21)22)16-9-7-6-8-15(16)18(17)11-13(3)4/h6-9,12-13H,10-11H2,1-5H3,(H,20,21,22). The van der Waals surface area contributed by atoms with Crippen LogP contribution < -0.4 is 0 Å². The third kappa shape index (κ3) is 3.75. The largest absolute Gasteiger partial charge is 0.295 e. The molecule has 2 rings (SSSR count). The monoisotopic (exact) mass is 334 g/mol. The Morgan fingerprint density at radius 3 is 1.87 bits per heavy atom.